The van der Waals surface area contributed by atoms with Gasteiger partial charge in [-0.05, 0) is 30.3 Å². The van der Waals surface area contributed by atoms with Crippen LogP contribution in [0.5, 0.6) is 23.0 Å². The smallest absolute Gasteiger partial charge is 0.308 e. The van der Waals surface area contributed by atoms with Crippen LogP contribution < -0.4 is 15.4 Å². The van der Waals surface area contributed by atoms with Crippen molar-refractivity contribution in [3.05, 3.63) is 47.5 Å². The zero-order valence-corrected chi connectivity index (χ0v) is 14.4. The maximum atomic E-state index is 12.1. The van der Waals surface area contributed by atoms with E-state index in [1.54, 1.807) is 18.2 Å². The Hall–Kier alpha value is -3.75. The first-order chi connectivity index (χ1) is 12.8. The van der Waals surface area contributed by atoms with Gasteiger partial charge in [0.15, 0.2) is 17.2 Å². The van der Waals surface area contributed by atoms with Crippen molar-refractivity contribution >= 4 is 17.8 Å². The molecule has 2 rings (SSSR count). The molecule has 0 aromatic heterocycles. The van der Waals surface area contributed by atoms with Crippen LogP contribution in [0.3, 0.4) is 0 Å². The van der Waals surface area contributed by atoms with E-state index >= 15 is 0 Å². The number of benzene rings is 2. The number of aromatic hydroxyl groups is 3. The number of carbonyl (C=O) groups excluding carboxylic acids is 3. The average molecular weight is 374 g/mol. The minimum absolute atomic E-state index is 0.0526. The van der Waals surface area contributed by atoms with Crippen molar-refractivity contribution in [3.63, 3.8) is 0 Å². The predicted octanol–water partition coefficient (Wildman–Crippen LogP) is 0.888. The van der Waals surface area contributed by atoms with Gasteiger partial charge in [0.2, 0.25) is 0 Å². The van der Waals surface area contributed by atoms with Crippen LogP contribution in [-0.4, -0.2) is 46.2 Å². The average Bonchev–Trinajstić information content (AvgIpc) is 2.62. The van der Waals surface area contributed by atoms with Gasteiger partial charge in [-0.1, -0.05) is 6.07 Å². The Balaban J connectivity index is 1.85. The molecule has 9 nitrogen and oxygen atoms in total. The highest BCUT2D eigenvalue weighted by Gasteiger charge is 2.13. The minimum atomic E-state index is -0.713. The molecular weight excluding hydrogens is 356 g/mol. The number of carbonyl (C=O) groups is 3. The molecular formula is C18H18N2O7. The summed E-state index contributed by atoms with van der Waals surface area (Å²) in [6, 6.07) is 8.08. The summed E-state index contributed by atoms with van der Waals surface area (Å²) in [5, 5.41) is 33.1. The highest BCUT2D eigenvalue weighted by molar-refractivity contribution is 5.96. The summed E-state index contributed by atoms with van der Waals surface area (Å²) < 4.78 is 4.90. The monoisotopic (exact) mass is 374 g/mol. The van der Waals surface area contributed by atoms with Crippen molar-refractivity contribution in [3.8, 4) is 23.0 Å². The highest BCUT2D eigenvalue weighted by atomic mass is 16.5. The molecule has 2 aromatic carbocycles. The van der Waals surface area contributed by atoms with Crippen LogP contribution in [0.25, 0.3) is 0 Å². The van der Waals surface area contributed by atoms with Crippen LogP contribution in [0.4, 0.5) is 0 Å². The Morgan fingerprint density at radius 3 is 2.00 bits per heavy atom. The second-order valence-corrected chi connectivity index (χ2v) is 5.50. The molecule has 0 aliphatic rings. The topological polar surface area (TPSA) is 145 Å². The zero-order chi connectivity index (χ0) is 20.0. The molecule has 2 amide bonds. The summed E-state index contributed by atoms with van der Waals surface area (Å²) in [5.41, 5.74) is 0.233. The van der Waals surface area contributed by atoms with E-state index < -0.39 is 35.0 Å². The lowest BCUT2D eigenvalue weighted by Crippen LogP contribution is -2.34. The Kier molecular flexibility index (Phi) is 6.21. The van der Waals surface area contributed by atoms with Crippen molar-refractivity contribution < 1.29 is 34.4 Å². The fourth-order valence-electron chi connectivity index (χ4n) is 2.16. The normalized spacial score (nSPS) is 10.1. The number of hydrogen-bond donors (Lipinski definition) is 5. The molecule has 0 atom stereocenters. The quantitative estimate of drug-likeness (QED) is 0.218. The van der Waals surface area contributed by atoms with E-state index in [0.717, 1.165) is 12.1 Å². The summed E-state index contributed by atoms with van der Waals surface area (Å²) in [5.74, 6) is -3.24. The molecule has 2 aromatic rings. The maximum absolute atomic E-state index is 12.1. The summed E-state index contributed by atoms with van der Waals surface area (Å²) in [6.45, 7) is 1.44. The predicted molar refractivity (Wildman–Crippen MR) is 93.9 cm³/mol. The van der Waals surface area contributed by atoms with Crippen LogP contribution in [0.2, 0.25) is 0 Å². The van der Waals surface area contributed by atoms with Gasteiger partial charge in [0.1, 0.15) is 5.75 Å². The summed E-state index contributed by atoms with van der Waals surface area (Å²) in [6.07, 6.45) is 0. The van der Waals surface area contributed by atoms with E-state index in [9.17, 15) is 29.7 Å². The second kappa shape index (κ2) is 8.56. The molecule has 27 heavy (non-hydrogen) atoms. The van der Waals surface area contributed by atoms with E-state index in [2.05, 4.69) is 10.6 Å². The van der Waals surface area contributed by atoms with E-state index in [1.807, 2.05) is 0 Å². The SMILES string of the molecule is CC(=O)Oc1cccc(C(=O)NCCNC(=O)c2cc(O)c(O)c(O)c2)c1. The molecule has 0 unspecified atom stereocenters. The van der Waals surface area contributed by atoms with Crippen molar-refractivity contribution in [1.82, 2.24) is 10.6 Å². The fourth-order valence-corrected chi connectivity index (χ4v) is 2.16. The van der Waals surface area contributed by atoms with Gasteiger partial charge in [0.05, 0.1) is 0 Å². The second-order valence-electron chi connectivity index (χ2n) is 5.50. The minimum Gasteiger partial charge on any atom is -0.504 e. The summed E-state index contributed by atoms with van der Waals surface area (Å²) in [4.78, 5) is 35.0. The van der Waals surface area contributed by atoms with Gasteiger partial charge in [-0.25, -0.2) is 0 Å². The number of esters is 1. The highest BCUT2D eigenvalue weighted by Crippen LogP contribution is 2.35. The lowest BCUT2D eigenvalue weighted by atomic mass is 10.1. The Bertz CT molecular complexity index is 857. The number of phenolic OH excluding ortho intramolecular Hbond substituents is 3. The molecule has 142 valence electrons. The zero-order valence-electron chi connectivity index (χ0n) is 14.4. The summed E-state index contributed by atoms with van der Waals surface area (Å²) >= 11 is 0. The van der Waals surface area contributed by atoms with E-state index in [0.29, 0.717) is 0 Å². The molecule has 0 bridgehead atoms. The molecule has 9 heteroatoms. The molecule has 0 aliphatic heterocycles. The molecule has 0 fully saturated rings. The van der Waals surface area contributed by atoms with E-state index in [4.69, 9.17) is 4.74 Å². The lowest BCUT2D eigenvalue weighted by Gasteiger charge is -2.09. The molecule has 5 N–H and O–H groups in total. The maximum Gasteiger partial charge on any atom is 0.308 e. The largest absolute Gasteiger partial charge is 0.504 e. The van der Waals surface area contributed by atoms with Gasteiger partial charge in [-0.15, -0.1) is 0 Å². The van der Waals surface area contributed by atoms with Crippen LogP contribution in [0.15, 0.2) is 36.4 Å². The first kappa shape index (κ1) is 19.6. The molecule has 0 heterocycles. The molecule has 0 saturated heterocycles. The van der Waals surface area contributed by atoms with Crippen LogP contribution in [0.1, 0.15) is 27.6 Å². The van der Waals surface area contributed by atoms with Gasteiger partial charge < -0.3 is 30.7 Å². The molecule has 0 radical (unpaired) electrons. The van der Waals surface area contributed by atoms with E-state index in [1.165, 1.54) is 13.0 Å². The van der Waals surface area contributed by atoms with Gasteiger partial charge in [0.25, 0.3) is 11.8 Å². The van der Waals surface area contributed by atoms with Gasteiger partial charge in [-0.2, -0.15) is 0 Å². The van der Waals surface area contributed by atoms with E-state index in [-0.39, 0.29) is 30.0 Å². The fraction of sp³-hybridized carbons (Fsp3) is 0.167. The third-order valence-corrected chi connectivity index (χ3v) is 3.39. The van der Waals surface area contributed by atoms with Crippen LogP contribution in [0, 0.1) is 0 Å². The van der Waals surface area contributed by atoms with Crippen molar-refractivity contribution in [2.24, 2.45) is 0 Å². The Morgan fingerprint density at radius 1 is 0.889 bits per heavy atom. The Labute approximate surface area is 154 Å². The Morgan fingerprint density at radius 2 is 1.44 bits per heavy atom. The van der Waals surface area contributed by atoms with Gasteiger partial charge in [-0.3, -0.25) is 14.4 Å². The lowest BCUT2D eigenvalue weighted by molar-refractivity contribution is -0.131. The number of phenols is 3. The van der Waals surface area contributed by atoms with Gasteiger partial charge >= 0.3 is 5.97 Å². The van der Waals surface area contributed by atoms with Gasteiger partial charge in [0, 0.05) is 31.1 Å². The number of rotatable bonds is 6. The third-order valence-electron chi connectivity index (χ3n) is 3.39. The number of hydrogen-bond acceptors (Lipinski definition) is 7. The molecule has 0 spiro atoms. The summed E-state index contributed by atoms with van der Waals surface area (Å²) in [7, 11) is 0. The standard InChI is InChI=1S/C18H18N2O7/c1-10(21)27-13-4-2-3-11(7-13)17(25)19-5-6-20-18(26)12-8-14(22)16(24)15(23)9-12/h2-4,7-9,22-24H,5-6H2,1H3,(H,19,25)(H,20,26). The number of nitrogens with one attached hydrogen (secondary N) is 2. The van der Waals surface area contributed by atoms with Crippen molar-refractivity contribution in [2.75, 3.05) is 13.1 Å². The molecule has 0 saturated carbocycles. The number of ether oxygens (including phenoxy) is 1. The van der Waals surface area contributed by atoms with Crippen molar-refractivity contribution in [1.29, 1.82) is 0 Å². The first-order valence-electron chi connectivity index (χ1n) is 7.87. The molecule has 0 aliphatic carbocycles. The number of amides is 2. The first-order valence-corrected chi connectivity index (χ1v) is 7.87. The van der Waals surface area contributed by atoms with Crippen LogP contribution >= 0.6 is 0 Å². The van der Waals surface area contributed by atoms with Crippen LogP contribution in [-0.2, 0) is 4.79 Å². The third kappa shape index (κ3) is 5.36. The van der Waals surface area contributed by atoms with Crippen molar-refractivity contribution in [2.45, 2.75) is 6.92 Å².